The molecule has 0 atom stereocenters. The maximum atomic E-state index is 12.1. The minimum absolute atomic E-state index is 0.261. The van der Waals surface area contributed by atoms with Crippen LogP contribution in [0.1, 0.15) is 16.8 Å². The molecule has 0 spiro atoms. The molecule has 0 aliphatic rings. The summed E-state index contributed by atoms with van der Waals surface area (Å²) in [5, 5.41) is 2.65. The third kappa shape index (κ3) is 6.42. The Kier molecular flexibility index (Phi) is 5.82. The lowest BCUT2D eigenvalue weighted by Crippen LogP contribution is -2.33. The van der Waals surface area contributed by atoms with Crippen molar-refractivity contribution in [1.29, 1.82) is 0 Å². The molecule has 20 heavy (non-hydrogen) atoms. The maximum Gasteiger partial charge on any atom is 0.401 e. The van der Waals surface area contributed by atoms with Gasteiger partial charge in [-0.05, 0) is 44.3 Å². The van der Waals surface area contributed by atoms with Gasteiger partial charge in [0.2, 0.25) is 0 Å². The Hall–Kier alpha value is -1.76. The monoisotopic (exact) mass is 289 g/mol. The van der Waals surface area contributed by atoms with Gasteiger partial charge in [0.15, 0.2) is 0 Å². The van der Waals surface area contributed by atoms with Gasteiger partial charge in [-0.1, -0.05) is 0 Å². The number of nitrogens with two attached hydrogens (primary N) is 1. The van der Waals surface area contributed by atoms with Crippen LogP contribution < -0.4 is 11.1 Å². The lowest BCUT2D eigenvalue weighted by atomic mass is 10.2. The normalized spacial score (nSPS) is 11.7. The molecule has 0 heterocycles. The van der Waals surface area contributed by atoms with E-state index < -0.39 is 12.7 Å². The zero-order chi connectivity index (χ0) is 15.2. The summed E-state index contributed by atoms with van der Waals surface area (Å²) < 4.78 is 36.2. The van der Waals surface area contributed by atoms with Crippen molar-refractivity contribution >= 4 is 11.6 Å². The first kappa shape index (κ1) is 16.3. The van der Waals surface area contributed by atoms with E-state index in [1.54, 1.807) is 24.3 Å². The highest BCUT2D eigenvalue weighted by Crippen LogP contribution is 2.15. The van der Waals surface area contributed by atoms with Crippen LogP contribution in [-0.4, -0.2) is 43.7 Å². The van der Waals surface area contributed by atoms with Crippen molar-refractivity contribution in [2.45, 2.75) is 12.6 Å². The highest BCUT2D eigenvalue weighted by Gasteiger charge is 2.28. The number of nitrogens with one attached hydrogen (secondary N) is 1. The lowest BCUT2D eigenvalue weighted by molar-refractivity contribution is -0.143. The van der Waals surface area contributed by atoms with Crippen molar-refractivity contribution in [3.05, 3.63) is 29.8 Å². The second-order valence-electron chi connectivity index (χ2n) is 4.58. The summed E-state index contributed by atoms with van der Waals surface area (Å²) in [7, 11) is 1.40. The van der Waals surface area contributed by atoms with Crippen molar-refractivity contribution in [1.82, 2.24) is 10.2 Å². The third-order valence-corrected chi connectivity index (χ3v) is 2.62. The van der Waals surface area contributed by atoms with Gasteiger partial charge in [-0.3, -0.25) is 9.69 Å². The second kappa shape index (κ2) is 7.14. The van der Waals surface area contributed by atoms with Gasteiger partial charge in [-0.2, -0.15) is 13.2 Å². The highest BCUT2D eigenvalue weighted by molar-refractivity contribution is 5.94. The van der Waals surface area contributed by atoms with Gasteiger partial charge in [0, 0.05) is 17.8 Å². The molecule has 0 fully saturated rings. The summed E-state index contributed by atoms with van der Waals surface area (Å²) in [5.41, 5.74) is 6.54. The zero-order valence-corrected chi connectivity index (χ0v) is 11.2. The number of halogens is 3. The Morgan fingerprint density at radius 2 is 1.90 bits per heavy atom. The molecule has 0 aromatic heterocycles. The fourth-order valence-electron chi connectivity index (χ4n) is 1.67. The van der Waals surface area contributed by atoms with Gasteiger partial charge >= 0.3 is 6.18 Å². The molecule has 3 N–H and O–H groups in total. The number of carbonyl (C=O) groups excluding carboxylic acids is 1. The molecule has 1 rings (SSSR count). The van der Waals surface area contributed by atoms with Crippen LogP contribution in [-0.2, 0) is 0 Å². The number of benzene rings is 1. The standard InChI is InChI=1S/C13H18F3N3O/c1-19(9-13(14,15)16)8-2-7-18-12(20)10-3-5-11(17)6-4-10/h3-6H,2,7-9,17H2,1H3,(H,18,20). The maximum absolute atomic E-state index is 12.1. The molecule has 1 aromatic carbocycles. The summed E-state index contributed by atoms with van der Waals surface area (Å²) in [6.45, 7) is -0.355. The zero-order valence-electron chi connectivity index (χ0n) is 11.2. The number of hydrogen-bond donors (Lipinski definition) is 2. The quantitative estimate of drug-likeness (QED) is 0.621. The SMILES string of the molecule is CN(CCCNC(=O)c1ccc(N)cc1)CC(F)(F)F. The Morgan fingerprint density at radius 1 is 1.30 bits per heavy atom. The molecule has 0 aliphatic carbocycles. The lowest BCUT2D eigenvalue weighted by Gasteiger charge is -2.18. The third-order valence-electron chi connectivity index (χ3n) is 2.62. The van der Waals surface area contributed by atoms with Crippen LogP contribution in [0.3, 0.4) is 0 Å². The average molecular weight is 289 g/mol. The van der Waals surface area contributed by atoms with E-state index in [1.807, 2.05) is 0 Å². The summed E-state index contributed by atoms with van der Waals surface area (Å²) >= 11 is 0. The smallest absolute Gasteiger partial charge is 0.399 e. The average Bonchev–Trinajstić information content (AvgIpc) is 2.33. The molecule has 0 radical (unpaired) electrons. The number of carbonyl (C=O) groups is 1. The molecule has 0 saturated heterocycles. The van der Waals surface area contributed by atoms with E-state index >= 15 is 0 Å². The fraction of sp³-hybridized carbons (Fsp3) is 0.462. The minimum atomic E-state index is -4.19. The number of anilines is 1. The van der Waals surface area contributed by atoms with E-state index in [2.05, 4.69) is 5.32 Å². The molecule has 4 nitrogen and oxygen atoms in total. The molecule has 7 heteroatoms. The Bertz CT molecular complexity index is 431. The van der Waals surface area contributed by atoms with Crippen LogP contribution in [0.2, 0.25) is 0 Å². The van der Waals surface area contributed by atoms with E-state index in [9.17, 15) is 18.0 Å². The molecule has 1 aromatic rings. The van der Waals surface area contributed by atoms with Gasteiger partial charge in [0.25, 0.3) is 5.91 Å². The summed E-state index contributed by atoms with van der Waals surface area (Å²) in [4.78, 5) is 12.9. The van der Waals surface area contributed by atoms with Crippen molar-refractivity contribution in [3.8, 4) is 0 Å². The first-order chi connectivity index (χ1) is 9.28. The molecule has 112 valence electrons. The highest BCUT2D eigenvalue weighted by atomic mass is 19.4. The number of rotatable bonds is 6. The predicted molar refractivity (Wildman–Crippen MR) is 71.4 cm³/mol. The van der Waals surface area contributed by atoms with Crippen LogP contribution in [0.4, 0.5) is 18.9 Å². The molecule has 0 aliphatic heterocycles. The first-order valence-corrected chi connectivity index (χ1v) is 6.17. The van der Waals surface area contributed by atoms with E-state index in [4.69, 9.17) is 5.73 Å². The van der Waals surface area contributed by atoms with E-state index in [0.717, 1.165) is 0 Å². The molecular weight excluding hydrogens is 271 g/mol. The minimum Gasteiger partial charge on any atom is -0.399 e. The summed E-state index contributed by atoms with van der Waals surface area (Å²) in [5.74, 6) is -0.261. The van der Waals surface area contributed by atoms with Gasteiger partial charge in [0.05, 0.1) is 6.54 Å². The van der Waals surface area contributed by atoms with E-state index in [1.165, 1.54) is 11.9 Å². The molecule has 0 unspecified atom stereocenters. The van der Waals surface area contributed by atoms with Crippen molar-refractivity contribution < 1.29 is 18.0 Å². The van der Waals surface area contributed by atoms with Crippen LogP contribution in [0.5, 0.6) is 0 Å². The number of alkyl halides is 3. The molecule has 1 amide bonds. The number of nitrogens with zero attached hydrogens (tertiary/aromatic N) is 1. The van der Waals surface area contributed by atoms with Gasteiger partial charge in [-0.15, -0.1) is 0 Å². The number of nitrogen functional groups attached to an aromatic ring is 1. The Balaban J connectivity index is 2.24. The first-order valence-electron chi connectivity index (χ1n) is 6.17. The second-order valence-corrected chi connectivity index (χ2v) is 4.58. The topological polar surface area (TPSA) is 58.4 Å². The van der Waals surface area contributed by atoms with Crippen molar-refractivity contribution in [3.63, 3.8) is 0 Å². The predicted octanol–water partition coefficient (Wildman–Crippen LogP) is 1.88. The van der Waals surface area contributed by atoms with Gasteiger partial charge in [0.1, 0.15) is 0 Å². The van der Waals surface area contributed by atoms with Gasteiger partial charge < -0.3 is 11.1 Å². The van der Waals surface area contributed by atoms with Crippen LogP contribution in [0.25, 0.3) is 0 Å². The van der Waals surface area contributed by atoms with E-state index in [-0.39, 0.29) is 12.5 Å². The Labute approximate surface area is 115 Å². The van der Waals surface area contributed by atoms with Gasteiger partial charge in [-0.25, -0.2) is 0 Å². The number of amides is 1. The molecular formula is C13H18F3N3O. The van der Waals surface area contributed by atoms with Crippen molar-refractivity contribution in [2.24, 2.45) is 0 Å². The number of hydrogen-bond acceptors (Lipinski definition) is 3. The summed E-state index contributed by atoms with van der Waals surface area (Å²) in [6, 6.07) is 6.43. The largest absolute Gasteiger partial charge is 0.401 e. The fourth-order valence-corrected chi connectivity index (χ4v) is 1.67. The molecule has 0 bridgehead atoms. The molecule has 0 saturated carbocycles. The van der Waals surface area contributed by atoms with Crippen LogP contribution in [0, 0.1) is 0 Å². The van der Waals surface area contributed by atoms with Crippen molar-refractivity contribution in [2.75, 3.05) is 32.4 Å². The summed E-state index contributed by atoms with van der Waals surface area (Å²) in [6.07, 6.45) is -3.74. The Morgan fingerprint density at radius 3 is 2.45 bits per heavy atom. The van der Waals surface area contributed by atoms with Crippen LogP contribution >= 0.6 is 0 Å². The van der Waals surface area contributed by atoms with E-state index in [0.29, 0.717) is 24.2 Å². The van der Waals surface area contributed by atoms with Crippen LogP contribution in [0.15, 0.2) is 24.3 Å².